The lowest BCUT2D eigenvalue weighted by atomic mass is 10.1. The minimum Gasteiger partial charge on any atom is -0.281 e. The lowest BCUT2D eigenvalue weighted by Crippen LogP contribution is -2.71. The highest BCUT2D eigenvalue weighted by molar-refractivity contribution is 5.44. The molecule has 0 radical (unpaired) electrons. The molecule has 0 unspecified atom stereocenters. The van der Waals surface area contributed by atoms with Crippen LogP contribution in [0, 0.1) is 13.8 Å². The minimum atomic E-state index is 1.30. The third kappa shape index (κ3) is 2.25. The van der Waals surface area contributed by atoms with Crippen LogP contribution in [-0.4, -0.2) is 0 Å². The molecule has 0 spiro atoms. The zero-order valence-electron chi connectivity index (χ0n) is 9.20. The maximum Gasteiger partial charge on any atom is 0.137 e. The molecule has 0 aliphatic rings. The van der Waals surface area contributed by atoms with Crippen molar-refractivity contribution < 1.29 is 5.32 Å². The van der Waals surface area contributed by atoms with Gasteiger partial charge >= 0.3 is 0 Å². The fourth-order valence-electron chi connectivity index (χ4n) is 1.67. The van der Waals surface area contributed by atoms with E-state index in [0.717, 1.165) is 0 Å². The van der Waals surface area contributed by atoms with E-state index < -0.39 is 0 Å². The summed E-state index contributed by atoms with van der Waals surface area (Å²) >= 11 is 0. The van der Waals surface area contributed by atoms with E-state index in [1.165, 1.54) is 22.5 Å². The zero-order valence-corrected chi connectivity index (χ0v) is 9.20. The topological polar surface area (TPSA) is 16.6 Å². The van der Waals surface area contributed by atoms with E-state index in [2.05, 4.69) is 67.7 Å². The first kappa shape index (κ1) is 9.94. The van der Waals surface area contributed by atoms with Gasteiger partial charge in [0.05, 0.1) is 0 Å². The lowest BCUT2D eigenvalue weighted by Gasteiger charge is -2.05. The van der Waals surface area contributed by atoms with Gasteiger partial charge in [-0.2, -0.15) is 0 Å². The quantitative estimate of drug-likeness (QED) is 0.715. The smallest absolute Gasteiger partial charge is 0.137 e. The Bertz CT molecular complexity index is 417. The van der Waals surface area contributed by atoms with Gasteiger partial charge in [-0.1, -0.05) is 36.4 Å². The van der Waals surface area contributed by atoms with E-state index in [1.807, 2.05) is 0 Å². The second-order valence-corrected chi connectivity index (χ2v) is 3.86. The van der Waals surface area contributed by atoms with Gasteiger partial charge < -0.3 is 0 Å². The number of benzene rings is 2. The summed E-state index contributed by atoms with van der Waals surface area (Å²) in [4.78, 5) is 0. The van der Waals surface area contributed by atoms with Crippen LogP contribution in [0.4, 0.5) is 11.4 Å². The molecule has 0 saturated heterocycles. The average Bonchev–Trinajstić information content (AvgIpc) is 2.24. The summed E-state index contributed by atoms with van der Waals surface area (Å²) in [5.74, 6) is 0. The van der Waals surface area contributed by atoms with Crippen molar-refractivity contribution in [2.45, 2.75) is 13.8 Å². The lowest BCUT2D eigenvalue weighted by molar-refractivity contribution is -0.479. The Morgan fingerprint density at radius 1 is 0.667 bits per heavy atom. The van der Waals surface area contributed by atoms with Crippen molar-refractivity contribution >= 4 is 11.4 Å². The summed E-state index contributed by atoms with van der Waals surface area (Å²) in [6.45, 7) is 4.29. The van der Waals surface area contributed by atoms with Gasteiger partial charge in [-0.15, -0.1) is 0 Å². The Morgan fingerprint density at radius 2 is 1.07 bits per heavy atom. The Hall–Kier alpha value is -1.60. The van der Waals surface area contributed by atoms with E-state index in [9.17, 15) is 0 Å². The van der Waals surface area contributed by atoms with E-state index in [-0.39, 0.29) is 0 Å². The van der Waals surface area contributed by atoms with Crippen molar-refractivity contribution in [2.75, 3.05) is 0 Å². The summed E-state index contributed by atoms with van der Waals surface area (Å²) in [6.07, 6.45) is 0. The summed E-state index contributed by atoms with van der Waals surface area (Å²) in [7, 11) is 0. The van der Waals surface area contributed by atoms with Gasteiger partial charge in [-0.25, -0.2) is 0 Å². The van der Waals surface area contributed by atoms with Crippen LogP contribution in [0.2, 0.25) is 0 Å². The van der Waals surface area contributed by atoms with Crippen molar-refractivity contribution in [1.29, 1.82) is 0 Å². The molecule has 1 heteroatoms. The molecule has 2 rings (SSSR count). The van der Waals surface area contributed by atoms with E-state index in [1.54, 1.807) is 0 Å². The molecule has 0 amide bonds. The molecule has 0 bridgehead atoms. The van der Waals surface area contributed by atoms with Crippen LogP contribution in [0.5, 0.6) is 0 Å². The van der Waals surface area contributed by atoms with Gasteiger partial charge in [0, 0.05) is 11.1 Å². The molecule has 0 aliphatic heterocycles. The molecule has 0 fully saturated rings. The zero-order chi connectivity index (χ0) is 10.7. The summed E-state index contributed by atoms with van der Waals surface area (Å²) in [5.41, 5.74) is 5.24. The molecule has 2 N–H and O–H groups in total. The number of hydrogen-bond donors (Lipinski definition) is 1. The van der Waals surface area contributed by atoms with Gasteiger partial charge in [0.2, 0.25) is 0 Å². The summed E-state index contributed by atoms with van der Waals surface area (Å²) in [5, 5.41) is 2.24. The van der Waals surface area contributed by atoms with Crippen LogP contribution in [0.15, 0.2) is 48.5 Å². The fraction of sp³-hybridized carbons (Fsp3) is 0.143. The highest BCUT2D eigenvalue weighted by atomic mass is 14.9. The van der Waals surface area contributed by atoms with Gasteiger partial charge in [-0.05, 0) is 26.0 Å². The van der Waals surface area contributed by atoms with Crippen molar-refractivity contribution in [3.05, 3.63) is 59.7 Å². The number of nitrogens with two attached hydrogens (primary N) is 1. The Balaban J connectivity index is 2.30. The average molecular weight is 198 g/mol. The fourth-order valence-corrected chi connectivity index (χ4v) is 1.67. The van der Waals surface area contributed by atoms with Crippen molar-refractivity contribution in [2.24, 2.45) is 0 Å². The molecular formula is C14H16N+. The standard InChI is InChI=1S/C14H15N/c1-11-7-3-5-9-13(11)15-14-10-6-4-8-12(14)2/h3-10,15H,1-2H3/p+1. The Kier molecular flexibility index (Phi) is 2.84. The van der Waals surface area contributed by atoms with Crippen LogP contribution >= 0.6 is 0 Å². The number of rotatable bonds is 2. The predicted octanol–water partition coefficient (Wildman–Crippen LogP) is 2.83. The van der Waals surface area contributed by atoms with Crippen LogP contribution in [-0.2, 0) is 0 Å². The highest BCUT2D eigenvalue weighted by Crippen LogP contribution is 2.12. The van der Waals surface area contributed by atoms with Crippen LogP contribution < -0.4 is 5.32 Å². The van der Waals surface area contributed by atoms with Crippen molar-refractivity contribution in [1.82, 2.24) is 0 Å². The monoisotopic (exact) mass is 198 g/mol. The van der Waals surface area contributed by atoms with Crippen LogP contribution in [0.25, 0.3) is 0 Å². The first-order valence-electron chi connectivity index (χ1n) is 5.23. The van der Waals surface area contributed by atoms with Crippen LogP contribution in [0.1, 0.15) is 11.1 Å². The van der Waals surface area contributed by atoms with E-state index in [0.29, 0.717) is 0 Å². The molecule has 0 aliphatic carbocycles. The molecular weight excluding hydrogens is 182 g/mol. The molecule has 2 aromatic carbocycles. The second kappa shape index (κ2) is 4.28. The molecule has 0 atom stereocenters. The molecule has 15 heavy (non-hydrogen) atoms. The first-order valence-corrected chi connectivity index (χ1v) is 5.23. The maximum atomic E-state index is 2.24. The van der Waals surface area contributed by atoms with Gasteiger partial charge in [0.15, 0.2) is 0 Å². The number of para-hydroxylation sites is 2. The number of aryl methyl sites for hydroxylation is 2. The Morgan fingerprint density at radius 3 is 1.47 bits per heavy atom. The second-order valence-electron chi connectivity index (χ2n) is 3.86. The molecule has 0 saturated carbocycles. The molecule has 76 valence electrons. The minimum absolute atomic E-state index is 1.30. The third-order valence-electron chi connectivity index (χ3n) is 2.69. The van der Waals surface area contributed by atoms with Gasteiger partial charge in [0.1, 0.15) is 11.4 Å². The van der Waals surface area contributed by atoms with E-state index in [4.69, 9.17) is 0 Å². The maximum absolute atomic E-state index is 2.24. The van der Waals surface area contributed by atoms with Crippen molar-refractivity contribution in [3.63, 3.8) is 0 Å². The number of quaternary nitrogens is 1. The van der Waals surface area contributed by atoms with Gasteiger partial charge in [0.25, 0.3) is 0 Å². The van der Waals surface area contributed by atoms with E-state index >= 15 is 0 Å². The Labute approximate surface area is 90.8 Å². The normalized spacial score (nSPS) is 10.3. The molecule has 2 aromatic rings. The van der Waals surface area contributed by atoms with Crippen molar-refractivity contribution in [3.8, 4) is 0 Å². The molecule has 0 heterocycles. The molecule has 1 nitrogen and oxygen atoms in total. The largest absolute Gasteiger partial charge is 0.281 e. The summed E-state index contributed by atoms with van der Waals surface area (Å²) in [6, 6.07) is 16.9. The number of hydrogen-bond acceptors (Lipinski definition) is 0. The molecule has 0 aromatic heterocycles. The highest BCUT2D eigenvalue weighted by Gasteiger charge is 2.04. The summed E-state index contributed by atoms with van der Waals surface area (Å²) < 4.78 is 0. The SMILES string of the molecule is Cc1ccccc1[NH2+]c1ccccc1C. The predicted molar refractivity (Wildman–Crippen MR) is 63.6 cm³/mol. The van der Waals surface area contributed by atoms with Crippen LogP contribution in [0.3, 0.4) is 0 Å². The first-order chi connectivity index (χ1) is 7.27. The van der Waals surface area contributed by atoms with Gasteiger partial charge in [-0.3, -0.25) is 5.32 Å². The third-order valence-corrected chi connectivity index (χ3v) is 2.69.